The third-order valence-corrected chi connectivity index (χ3v) is 10.6. The van der Waals surface area contributed by atoms with Crippen molar-refractivity contribution in [2.75, 3.05) is 0 Å². The van der Waals surface area contributed by atoms with Gasteiger partial charge in [-0.15, -0.1) is 0 Å². The first kappa shape index (κ1) is 42.2. The second-order valence-corrected chi connectivity index (χ2v) is 15.1. The molecule has 1 aromatic rings. The van der Waals surface area contributed by atoms with Crippen LogP contribution in [0.1, 0.15) is 264 Å². The molecule has 1 aromatic heterocycles. The molecule has 0 aromatic carbocycles. The van der Waals surface area contributed by atoms with Crippen LogP contribution in [0.15, 0.2) is 12.4 Å². The molecular formula is C43H85N2+. The monoisotopic (exact) mass is 630 g/mol. The molecule has 0 saturated heterocycles. The van der Waals surface area contributed by atoms with Crippen LogP contribution in [-0.4, -0.2) is 4.98 Å². The largest absolute Gasteiger partial charge is 0.257 e. The van der Waals surface area contributed by atoms with Crippen LogP contribution in [0, 0.1) is 0 Å². The number of rotatable bonds is 36. The van der Waals surface area contributed by atoms with Crippen LogP contribution in [-0.2, 0) is 0 Å². The fourth-order valence-corrected chi connectivity index (χ4v) is 7.49. The summed E-state index contributed by atoms with van der Waals surface area (Å²) in [6, 6.07) is 0.619. The molecular weight excluding hydrogens is 544 g/mol. The van der Waals surface area contributed by atoms with Gasteiger partial charge in [0, 0.05) is 0 Å². The number of H-pyrrole nitrogens is 1. The first-order chi connectivity index (χ1) is 22.2. The quantitative estimate of drug-likeness (QED) is 0.0563. The van der Waals surface area contributed by atoms with Crippen molar-refractivity contribution in [1.82, 2.24) is 4.98 Å². The summed E-state index contributed by atoms with van der Waals surface area (Å²) in [6.07, 6.45) is 53.2. The lowest BCUT2D eigenvalue weighted by atomic mass is 9.92. The van der Waals surface area contributed by atoms with E-state index in [1.165, 1.54) is 224 Å². The summed E-state index contributed by atoms with van der Waals surface area (Å²) in [6.45, 7) is 9.40. The molecule has 0 fully saturated rings. The molecule has 0 amide bonds. The topological polar surface area (TPSA) is 19.7 Å². The molecule has 45 heavy (non-hydrogen) atoms. The fourth-order valence-electron chi connectivity index (χ4n) is 7.49. The van der Waals surface area contributed by atoms with Crippen LogP contribution in [0.4, 0.5) is 0 Å². The molecule has 266 valence electrons. The Morgan fingerprint density at radius 1 is 0.422 bits per heavy atom. The summed E-state index contributed by atoms with van der Waals surface area (Å²) in [5.74, 6) is 2.24. The minimum Gasteiger partial charge on any atom is -0.247 e. The van der Waals surface area contributed by atoms with Gasteiger partial charge >= 0.3 is 0 Å². The molecule has 1 heterocycles. The number of aromatic nitrogens is 2. The zero-order valence-electron chi connectivity index (χ0n) is 31.8. The summed E-state index contributed by atoms with van der Waals surface area (Å²) in [7, 11) is 0. The predicted octanol–water partition coefficient (Wildman–Crippen LogP) is 15.3. The average Bonchev–Trinajstić information content (AvgIpc) is 3.54. The SMILES string of the molecule is CCCCCCCCCCCCCCCCCCC(CCCCCCCCCCCCC)c1[nH]cc[n+]1C(C)CCCCCC. The second kappa shape index (κ2) is 33.1. The van der Waals surface area contributed by atoms with Crippen molar-refractivity contribution in [3.8, 4) is 0 Å². The number of nitrogens with zero attached hydrogens (tertiary/aromatic N) is 1. The number of imidazole rings is 1. The molecule has 0 aliphatic heterocycles. The maximum absolute atomic E-state index is 3.75. The Hall–Kier alpha value is -0.790. The van der Waals surface area contributed by atoms with Gasteiger partial charge in [0.15, 0.2) is 0 Å². The van der Waals surface area contributed by atoms with E-state index >= 15 is 0 Å². The predicted molar refractivity (Wildman–Crippen MR) is 202 cm³/mol. The third-order valence-electron chi connectivity index (χ3n) is 10.6. The lowest BCUT2D eigenvalue weighted by Crippen LogP contribution is -2.41. The van der Waals surface area contributed by atoms with Crippen molar-refractivity contribution in [2.24, 2.45) is 0 Å². The van der Waals surface area contributed by atoms with Gasteiger partial charge in [-0.2, -0.15) is 0 Å². The number of hydrogen-bond acceptors (Lipinski definition) is 0. The van der Waals surface area contributed by atoms with Gasteiger partial charge in [-0.25, -0.2) is 9.55 Å². The molecule has 0 spiro atoms. The number of hydrogen-bond donors (Lipinski definition) is 1. The van der Waals surface area contributed by atoms with Crippen LogP contribution in [0.2, 0.25) is 0 Å². The second-order valence-electron chi connectivity index (χ2n) is 15.1. The Balaban J connectivity index is 2.30. The summed E-state index contributed by atoms with van der Waals surface area (Å²) >= 11 is 0. The van der Waals surface area contributed by atoms with E-state index in [4.69, 9.17) is 0 Å². The minimum atomic E-state index is 0.619. The highest BCUT2D eigenvalue weighted by Crippen LogP contribution is 2.27. The minimum absolute atomic E-state index is 0.619. The van der Waals surface area contributed by atoms with E-state index < -0.39 is 0 Å². The molecule has 2 atom stereocenters. The van der Waals surface area contributed by atoms with Crippen molar-refractivity contribution >= 4 is 0 Å². The fraction of sp³-hybridized carbons (Fsp3) is 0.930. The van der Waals surface area contributed by atoms with Crippen molar-refractivity contribution in [3.63, 3.8) is 0 Å². The van der Waals surface area contributed by atoms with Crippen molar-refractivity contribution in [3.05, 3.63) is 18.2 Å². The first-order valence-electron chi connectivity index (χ1n) is 21.3. The summed E-state index contributed by atoms with van der Waals surface area (Å²) in [4.78, 5) is 3.75. The Kier molecular flexibility index (Phi) is 31.1. The van der Waals surface area contributed by atoms with E-state index in [1.807, 2.05) is 0 Å². The van der Waals surface area contributed by atoms with Gasteiger partial charge in [0.05, 0.1) is 12.0 Å². The zero-order chi connectivity index (χ0) is 32.5. The molecule has 2 heteroatoms. The van der Waals surface area contributed by atoms with Crippen LogP contribution in [0.25, 0.3) is 0 Å². The molecule has 0 bridgehead atoms. The maximum atomic E-state index is 3.75. The van der Waals surface area contributed by atoms with Gasteiger partial charge in [0.1, 0.15) is 12.4 Å². The summed E-state index contributed by atoms with van der Waals surface area (Å²) in [5, 5.41) is 0. The van der Waals surface area contributed by atoms with Gasteiger partial charge in [0.25, 0.3) is 5.82 Å². The molecule has 0 aliphatic rings. The number of aromatic amines is 1. The van der Waals surface area contributed by atoms with E-state index in [2.05, 4.69) is 49.6 Å². The van der Waals surface area contributed by atoms with Gasteiger partial charge in [0.2, 0.25) is 0 Å². The van der Waals surface area contributed by atoms with E-state index in [0.29, 0.717) is 12.0 Å². The number of nitrogens with one attached hydrogen (secondary N) is 1. The van der Waals surface area contributed by atoms with E-state index in [0.717, 1.165) is 0 Å². The highest BCUT2D eigenvalue weighted by atomic mass is 15.1. The third kappa shape index (κ3) is 25.0. The molecule has 2 unspecified atom stereocenters. The van der Waals surface area contributed by atoms with Crippen molar-refractivity contribution in [1.29, 1.82) is 0 Å². The van der Waals surface area contributed by atoms with Crippen LogP contribution < -0.4 is 4.57 Å². The van der Waals surface area contributed by atoms with Crippen LogP contribution >= 0.6 is 0 Å². The Morgan fingerprint density at radius 3 is 1.07 bits per heavy atom. The molecule has 0 saturated carbocycles. The molecule has 0 radical (unpaired) electrons. The van der Waals surface area contributed by atoms with Gasteiger partial charge in [-0.1, -0.05) is 213 Å². The Bertz CT molecular complexity index is 694. The Morgan fingerprint density at radius 2 is 0.711 bits per heavy atom. The van der Waals surface area contributed by atoms with Crippen molar-refractivity contribution < 1.29 is 4.57 Å². The highest BCUT2D eigenvalue weighted by Gasteiger charge is 2.25. The van der Waals surface area contributed by atoms with Crippen LogP contribution in [0.5, 0.6) is 0 Å². The molecule has 2 nitrogen and oxygen atoms in total. The van der Waals surface area contributed by atoms with Gasteiger partial charge in [-0.3, -0.25) is 0 Å². The smallest absolute Gasteiger partial charge is 0.247 e. The van der Waals surface area contributed by atoms with E-state index in [-0.39, 0.29) is 0 Å². The van der Waals surface area contributed by atoms with Gasteiger partial charge < -0.3 is 0 Å². The molecule has 1 N–H and O–H groups in total. The van der Waals surface area contributed by atoms with E-state index in [1.54, 1.807) is 0 Å². The lowest BCUT2D eigenvalue weighted by Gasteiger charge is -2.17. The molecule has 0 aliphatic carbocycles. The average molecular weight is 630 g/mol. The standard InChI is InChI=1S/C43H84N2/c1-5-8-11-14-16-18-20-21-22-23-24-26-28-30-32-35-38-42(37-34-31-29-27-25-19-17-15-12-9-6-2)43-44-39-40-45(43)41(4)36-33-13-10-7-3/h39-42H,5-38H2,1-4H3/p+1. The summed E-state index contributed by atoms with van der Waals surface area (Å²) < 4.78 is 2.63. The highest BCUT2D eigenvalue weighted by molar-refractivity contribution is 4.90. The maximum Gasteiger partial charge on any atom is 0.257 e. The lowest BCUT2D eigenvalue weighted by molar-refractivity contribution is -0.727. The van der Waals surface area contributed by atoms with Gasteiger partial charge in [-0.05, 0) is 32.6 Å². The van der Waals surface area contributed by atoms with Crippen LogP contribution in [0.3, 0.4) is 0 Å². The first-order valence-corrected chi connectivity index (χ1v) is 21.3. The normalized spacial score (nSPS) is 13.1. The summed E-state index contributed by atoms with van der Waals surface area (Å²) in [5.41, 5.74) is 0. The Labute approximate surface area is 285 Å². The van der Waals surface area contributed by atoms with Crippen molar-refractivity contribution in [2.45, 2.75) is 258 Å². The zero-order valence-corrected chi connectivity index (χ0v) is 31.8. The molecule has 1 rings (SSSR count). The number of unbranched alkanes of at least 4 members (excludes halogenated alkanes) is 28. The van der Waals surface area contributed by atoms with E-state index in [9.17, 15) is 0 Å².